The van der Waals surface area contributed by atoms with E-state index in [4.69, 9.17) is 21.7 Å². The highest BCUT2D eigenvalue weighted by molar-refractivity contribution is 7.80. The molecule has 0 unspecified atom stereocenters. The van der Waals surface area contributed by atoms with Crippen LogP contribution in [0.5, 0.6) is 11.5 Å². The Morgan fingerprint density at radius 1 is 1.28 bits per heavy atom. The van der Waals surface area contributed by atoms with Gasteiger partial charge in [-0.15, -0.1) is 0 Å². The van der Waals surface area contributed by atoms with Gasteiger partial charge in [0.1, 0.15) is 0 Å². The minimum absolute atomic E-state index is 0.631. The molecule has 1 aliphatic heterocycles. The number of rotatable bonds is 3. The monoisotopic (exact) mass is 266 g/mol. The molecular weight excluding hydrogens is 248 g/mol. The summed E-state index contributed by atoms with van der Waals surface area (Å²) in [7, 11) is 0. The first kappa shape index (κ1) is 13.0. The van der Waals surface area contributed by atoms with Gasteiger partial charge < -0.3 is 20.1 Å². The van der Waals surface area contributed by atoms with E-state index in [0.717, 1.165) is 36.6 Å². The minimum Gasteiger partial charge on any atom is -0.490 e. The fourth-order valence-electron chi connectivity index (χ4n) is 1.65. The van der Waals surface area contributed by atoms with E-state index < -0.39 is 0 Å². The summed E-state index contributed by atoms with van der Waals surface area (Å²) >= 11 is 5.19. The van der Waals surface area contributed by atoms with Crippen molar-refractivity contribution in [3.8, 4) is 11.5 Å². The van der Waals surface area contributed by atoms with Crippen LogP contribution in [-0.2, 0) is 0 Å². The van der Waals surface area contributed by atoms with E-state index in [-0.39, 0.29) is 0 Å². The van der Waals surface area contributed by atoms with Gasteiger partial charge in [-0.3, -0.25) is 0 Å². The Bertz CT molecular complexity index is 423. The van der Waals surface area contributed by atoms with E-state index >= 15 is 0 Å². The topological polar surface area (TPSA) is 42.5 Å². The molecule has 0 radical (unpaired) electrons. The molecule has 1 aromatic carbocycles. The summed E-state index contributed by atoms with van der Waals surface area (Å²) in [5.41, 5.74) is 0.910. The smallest absolute Gasteiger partial charge is 0.170 e. The average molecular weight is 266 g/mol. The highest BCUT2D eigenvalue weighted by atomic mass is 32.1. The maximum Gasteiger partial charge on any atom is 0.170 e. The Balaban J connectivity index is 2.01. The molecule has 0 saturated carbocycles. The van der Waals surface area contributed by atoms with E-state index in [9.17, 15) is 0 Å². The van der Waals surface area contributed by atoms with Crippen molar-refractivity contribution in [3.05, 3.63) is 18.2 Å². The van der Waals surface area contributed by atoms with E-state index in [2.05, 4.69) is 17.6 Å². The predicted molar refractivity (Wildman–Crippen MR) is 76.6 cm³/mol. The first-order valence-corrected chi connectivity index (χ1v) is 6.65. The summed E-state index contributed by atoms with van der Waals surface area (Å²) < 4.78 is 11.2. The number of benzene rings is 1. The van der Waals surface area contributed by atoms with Crippen LogP contribution in [0.25, 0.3) is 0 Å². The lowest BCUT2D eigenvalue weighted by atomic mass is 10.3. The van der Waals surface area contributed by atoms with Crippen molar-refractivity contribution in [2.24, 2.45) is 0 Å². The van der Waals surface area contributed by atoms with Crippen LogP contribution in [-0.4, -0.2) is 24.9 Å². The van der Waals surface area contributed by atoms with Gasteiger partial charge in [-0.2, -0.15) is 0 Å². The summed E-state index contributed by atoms with van der Waals surface area (Å²) in [4.78, 5) is 0. The van der Waals surface area contributed by atoms with Crippen molar-refractivity contribution in [3.63, 3.8) is 0 Å². The minimum atomic E-state index is 0.631. The molecule has 18 heavy (non-hydrogen) atoms. The number of fused-ring (bicyclic) bond motifs is 1. The van der Waals surface area contributed by atoms with Gasteiger partial charge in [0.25, 0.3) is 0 Å². The van der Waals surface area contributed by atoms with Crippen LogP contribution >= 0.6 is 12.2 Å². The molecule has 0 amide bonds. The van der Waals surface area contributed by atoms with Gasteiger partial charge in [0, 0.05) is 24.7 Å². The van der Waals surface area contributed by atoms with Crippen molar-refractivity contribution in [2.45, 2.75) is 19.8 Å². The zero-order valence-corrected chi connectivity index (χ0v) is 11.3. The predicted octanol–water partition coefficient (Wildman–Crippen LogP) is 2.54. The molecule has 0 aliphatic carbocycles. The molecule has 0 bridgehead atoms. The van der Waals surface area contributed by atoms with Gasteiger partial charge in [-0.1, -0.05) is 6.92 Å². The van der Waals surface area contributed by atoms with Gasteiger partial charge in [0.2, 0.25) is 0 Å². The second-order valence-electron chi connectivity index (χ2n) is 4.09. The Hall–Kier alpha value is -1.49. The van der Waals surface area contributed by atoms with Crippen molar-refractivity contribution in [2.75, 3.05) is 25.1 Å². The molecule has 2 rings (SSSR count). The first-order valence-electron chi connectivity index (χ1n) is 6.24. The van der Waals surface area contributed by atoms with Crippen LogP contribution in [0.15, 0.2) is 18.2 Å². The summed E-state index contributed by atoms with van der Waals surface area (Å²) in [6.07, 6.45) is 1.96. The number of anilines is 1. The lowest BCUT2D eigenvalue weighted by Crippen LogP contribution is -2.28. The first-order chi connectivity index (χ1) is 8.79. The van der Waals surface area contributed by atoms with Crippen molar-refractivity contribution in [1.82, 2.24) is 5.32 Å². The van der Waals surface area contributed by atoms with Crippen molar-refractivity contribution >= 4 is 23.0 Å². The summed E-state index contributed by atoms with van der Waals surface area (Å²) in [5.74, 6) is 1.57. The van der Waals surface area contributed by atoms with Gasteiger partial charge in [0.15, 0.2) is 16.6 Å². The van der Waals surface area contributed by atoms with Gasteiger partial charge in [0.05, 0.1) is 13.2 Å². The maximum atomic E-state index is 5.62. The molecule has 0 aromatic heterocycles. The van der Waals surface area contributed by atoms with E-state index in [0.29, 0.717) is 18.3 Å². The van der Waals surface area contributed by atoms with Crippen LogP contribution in [0.4, 0.5) is 5.69 Å². The van der Waals surface area contributed by atoms with Crippen LogP contribution in [0.1, 0.15) is 19.8 Å². The van der Waals surface area contributed by atoms with E-state index in [1.807, 2.05) is 18.2 Å². The number of nitrogens with one attached hydrogen (secondary N) is 2. The van der Waals surface area contributed by atoms with E-state index in [1.54, 1.807) is 0 Å². The number of hydrogen-bond donors (Lipinski definition) is 2. The Kier molecular flexibility index (Phi) is 4.64. The number of ether oxygens (including phenoxy) is 2. The molecule has 4 nitrogen and oxygen atoms in total. The Morgan fingerprint density at radius 3 is 2.83 bits per heavy atom. The Labute approximate surface area is 113 Å². The van der Waals surface area contributed by atoms with E-state index in [1.165, 1.54) is 0 Å². The standard InChI is InChI=1S/C13H18N2O2S/c1-2-6-14-13(18)15-10-4-5-11-12(9-10)17-8-3-7-16-11/h4-5,9H,2-3,6-8H2,1H3,(H2,14,15,18). The van der Waals surface area contributed by atoms with Crippen LogP contribution in [0.3, 0.4) is 0 Å². The lowest BCUT2D eigenvalue weighted by molar-refractivity contribution is 0.297. The third kappa shape index (κ3) is 3.50. The molecule has 1 aliphatic rings. The Morgan fingerprint density at radius 2 is 2.06 bits per heavy atom. The average Bonchev–Trinajstić information content (AvgIpc) is 2.61. The zero-order chi connectivity index (χ0) is 12.8. The van der Waals surface area contributed by atoms with Gasteiger partial charge >= 0.3 is 0 Å². The summed E-state index contributed by atoms with van der Waals surface area (Å²) in [5, 5.41) is 6.88. The van der Waals surface area contributed by atoms with Crippen molar-refractivity contribution < 1.29 is 9.47 Å². The lowest BCUT2D eigenvalue weighted by Gasteiger charge is -2.12. The third-order valence-corrected chi connectivity index (χ3v) is 2.79. The zero-order valence-electron chi connectivity index (χ0n) is 10.5. The molecule has 0 spiro atoms. The largest absolute Gasteiger partial charge is 0.490 e. The second kappa shape index (κ2) is 6.44. The molecule has 5 heteroatoms. The fraction of sp³-hybridized carbons (Fsp3) is 0.462. The second-order valence-corrected chi connectivity index (χ2v) is 4.50. The van der Waals surface area contributed by atoms with Gasteiger partial charge in [-0.25, -0.2) is 0 Å². The molecular formula is C13H18N2O2S. The highest BCUT2D eigenvalue weighted by Gasteiger charge is 2.10. The SMILES string of the molecule is CCCNC(=S)Nc1ccc2c(c1)OCCCO2. The molecule has 1 heterocycles. The molecule has 0 atom stereocenters. The molecule has 1 aromatic rings. The molecule has 0 saturated heterocycles. The molecule has 98 valence electrons. The summed E-state index contributed by atoms with van der Waals surface area (Å²) in [6.45, 7) is 4.37. The number of thiocarbonyl (C=S) groups is 1. The van der Waals surface area contributed by atoms with Crippen LogP contribution in [0, 0.1) is 0 Å². The quantitative estimate of drug-likeness (QED) is 0.823. The molecule has 0 fully saturated rings. The highest BCUT2D eigenvalue weighted by Crippen LogP contribution is 2.32. The fourth-order valence-corrected chi connectivity index (χ4v) is 1.87. The van der Waals surface area contributed by atoms with Gasteiger partial charge in [-0.05, 0) is 30.8 Å². The third-order valence-electron chi connectivity index (χ3n) is 2.54. The number of hydrogen-bond acceptors (Lipinski definition) is 3. The normalized spacial score (nSPS) is 13.6. The maximum absolute atomic E-state index is 5.62. The summed E-state index contributed by atoms with van der Waals surface area (Å²) in [6, 6.07) is 5.76. The molecule has 2 N–H and O–H groups in total. The van der Waals surface area contributed by atoms with Crippen LogP contribution < -0.4 is 20.1 Å². The van der Waals surface area contributed by atoms with Crippen LogP contribution in [0.2, 0.25) is 0 Å². The van der Waals surface area contributed by atoms with Crippen molar-refractivity contribution in [1.29, 1.82) is 0 Å².